The number of hydrogen-bond acceptors (Lipinski definition) is 3. The molecular formula is C17H15ClFNO3S. The van der Waals surface area contributed by atoms with E-state index in [0.29, 0.717) is 19.4 Å². The lowest BCUT2D eigenvalue weighted by molar-refractivity contribution is 0.0984. The molecule has 0 atom stereocenters. The van der Waals surface area contributed by atoms with Gasteiger partial charge in [-0.15, -0.1) is 0 Å². The van der Waals surface area contributed by atoms with Gasteiger partial charge < -0.3 is 4.90 Å². The summed E-state index contributed by atoms with van der Waals surface area (Å²) in [6.45, 7) is 0.353. The molecule has 3 rings (SSSR count). The average molecular weight is 368 g/mol. The van der Waals surface area contributed by atoms with E-state index in [1.54, 1.807) is 12.1 Å². The minimum atomic E-state index is -3.48. The first kappa shape index (κ1) is 16.9. The number of carbonyl (C=O) groups excluding carboxylic acids is 1. The highest BCUT2D eigenvalue weighted by molar-refractivity contribution is 7.90. The van der Waals surface area contributed by atoms with E-state index in [2.05, 4.69) is 0 Å². The predicted molar refractivity (Wildman–Crippen MR) is 91.0 cm³/mol. The first-order valence-corrected chi connectivity index (χ1v) is 9.65. The standard InChI is InChI=1S/C17H15ClFNO3S/c1-24(22,23)12-7-8-14(18)13(10-12)17(21)20-9-3-5-11-4-2-6-15(19)16(11)20/h2,4,6-8,10H,3,5,9H2,1H3. The lowest BCUT2D eigenvalue weighted by atomic mass is 10.0. The second-order valence-corrected chi connectivity index (χ2v) is 8.14. The number of hydrogen-bond donors (Lipinski definition) is 0. The Hall–Kier alpha value is -1.92. The maximum absolute atomic E-state index is 14.2. The molecule has 2 aromatic carbocycles. The van der Waals surface area contributed by atoms with Crippen LogP contribution in [0.2, 0.25) is 5.02 Å². The van der Waals surface area contributed by atoms with Gasteiger partial charge in [0.25, 0.3) is 5.91 Å². The third-order valence-corrected chi connectivity index (χ3v) is 5.45. The maximum Gasteiger partial charge on any atom is 0.259 e. The quantitative estimate of drug-likeness (QED) is 0.816. The number of amides is 1. The van der Waals surface area contributed by atoms with E-state index < -0.39 is 21.6 Å². The molecule has 0 unspecified atom stereocenters. The minimum absolute atomic E-state index is 0.000941. The number of carbonyl (C=O) groups is 1. The summed E-state index contributed by atoms with van der Waals surface area (Å²) in [5.41, 5.74) is 1.05. The Kier molecular flexibility index (Phi) is 4.36. The van der Waals surface area contributed by atoms with Crippen LogP contribution >= 0.6 is 11.6 Å². The molecule has 1 amide bonds. The zero-order valence-electron chi connectivity index (χ0n) is 12.9. The second kappa shape index (κ2) is 6.18. The molecule has 0 N–H and O–H groups in total. The number of sulfone groups is 1. The minimum Gasteiger partial charge on any atom is -0.305 e. The van der Waals surface area contributed by atoms with Crippen LogP contribution in [0, 0.1) is 5.82 Å². The van der Waals surface area contributed by atoms with Gasteiger partial charge in [0, 0.05) is 12.8 Å². The lowest BCUT2D eigenvalue weighted by Gasteiger charge is -2.30. The molecule has 4 nitrogen and oxygen atoms in total. The molecular weight excluding hydrogens is 353 g/mol. The van der Waals surface area contributed by atoms with Crippen molar-refractivity contribution in [2.24, 2.45) is 0 Å². The van der Waals surface area contributed by atoms with Gasteiger partial charge >= 0.3 is 0 Å². The molecule has 0 bridgehead atoms. The van der Waals surface area contributed by atoms with Gasteiger partial charge in [-0.1, -0.05) is 23.7 Å². The van der Waals surface area contributed by atoms with E-state index >= 15 is 0 Å². The van der Waals surface area contributed by atoms with Crippen LogP contribution in [-0.4, -0.2) is 27.1 Å². The summed E-state index contributed by atoms with van der Waals surface area (Å²) in [4.78, 5) is 14.2. The largest absolute Gasteiger partial charge is 0.305 e. The Morgan fingerprint density at radius 3 is 2.71 bits per heavy atom. The van der Waals surface area contributed by atoms with Gasteiger partial charge in [-0.05, 0) is 42.7 Å². The van der Waals surface area contributed by atoms with Crippen molar-refractivity contribution in [2.45, 2.75) is 17.7 Å². The SMILES string of the molecule is CS(=O)(=O)c1ccc(Cl)c(C(=O)N2CCCc3cccc(F)c32)c1. The molecule has 0 aliphatic carbocycles. The third-order valence-electron chi connectivity index (χ3n) is 4.01. The topological polar surface area (TPSA) is 54.5 Å². The van der Waals surface area contributed by atoms with Crippen LogP contribution in [0.15, 0.2) is 41.3 Å². The van der Waals surface area contributed by atoms with Gasteiger partial charge in [-0.3, -0.25) is 4.79 Å². The second-order valence-electron chi connectivity index (χ2n) is 5.72. The highest BCUT2D eigenvalue weighted by Crippen LogP contribution is 2.32. The number of benzene rings is 2. The smallest absolute Gasteiger partial charge is 0.259 e. The highest BCUT2D eigenvalue weighted by Gasteiger charge is 2.28. The van der Waals surface area contributed by atoms with Crippen molar-refractivity contribution in [3.63, 3.8) is 0 Å². The predicted octanol–water partition coefficient (Wildman–Crippen LogP) is 3.48. The zero-order chi connectivity index (χ0) is 17.5. The van der Waals surface area contributed by atoms with E-state index in [0.717, 1.165) is 11.8 Å². The summed E-state index contributed by atoms with van der Waals surface area (Å²) in [5, 5.41) is 0.135. The molecule has 1 aliphatic rings. The maximum atomic E-state index is 14.2. The summed E-state index contributed by atoms with van der Waals surface area (Å²) in [6, 6.07) is 8.66. The van der Waals surface area contributed by atoms with Crippen LogP contribution in [0.1, 0.15) is 22.3 Å². The fourth-order valence-corrected chi connectivity index (χ4v) is 3.70. The fourth-order valence-electron chi connectivity index (χ4n) is 2.85. The molecule has 0 radical (unpaired) electrons. The van der Waals surface area contributed by atoms with E-state index in [1.807, 2.05) is 0 Å². The summed E-state index contributed by atoms with van der Waals surface area (Å²) in [5.74, 6) is -0.979. The molecule has 7 heteroatoms. The van der Waals surface area contributed by atoms with Crippen molar-refractivity contribution in [3.05, 3.63) is 58.4 Å². The molecule has 0 aromatic heterocycles. The van der Waals surface area contributed by atoms with Crippen LogP contribution in [0.5, 0.6) is 0 Å². The van der Waals surface area contributed by atoms with Crippen LogP contribution in [-0.2, 0) is 16.3 Å². The molecule has 1 aliphatic heterocycles. The molecule has 0 fully saturated rings. The van der Waals surface area contributed by atoms with Crippen molar-refractivity contribution in [1.29, 1.82) is 0 Å². The van der Waals surface area contributed by atoms with Gasteiger partial charge in [-0.2, -0.15) is 0 Å². The Morgan fingerprint density at radius 1 is 1.25 bits per heavy atom. The molecule has 2 aromatic rings. The van der Waals surface area contributed by atoms with Gasteiger partial charge in [0.1, 0.15) is 5.82 Å². The average Bonchev–Trinajstić information content (AvgIpc) is 2.53. The zero-order valence-corrected chi connectivity index (χ0v) is 14.5. The lowest BCUT2D eigenvalue weighted by Crippen LogP contribution is -2.36. The molecule has 0 spiro atoms. The molecule has 0 saturated heterocycles. The van der Waals surface area contributed by atoms with Crippen molar-refractivity contribution in [1.82, 2.24) is 0 Å². The van der Waals surface area contributed by atoms with Crippen LogP contribution in [0.3, 0.4) is 0 Å². The van der Waals surface area contributed by atoms with Crippen molar-refractivity contribution >= 4 is 33.0 Å². The monoisotopic (exact) mass is 367 g/mol. The summed E-state index contributed by atoms with van der Waals surface area (Å²) >= 11 is 6.09. The highest BCUT2D eigenvalue weighted by atomic mass is 35.5. The molecule has 126 valence electrons. The number of anilines is 1. The van der Waals surface area contributed by atoms with Crippen molar-refractivity contribution in [3.8, 4) is 0 Å². The number of nitrogens with zero attached hydrogens (tertiary/aromatic N) is 1. The van der Waals surface area contributed by atoms with Crippen LogP contribution in [0.25, 0.3) is 0 Å². The summed E-state index contributed by atoms with van der Waals surface area (Å²) in [7, 11) is -3.48. The Labute approximate surface area is 144 Å². The van der Waals surface area contributed by atoms with E-state index in [4.69, 9.17) is 11.6 Å². The first-order chi connectivity index (χ1) is 11.3. The third kappa shape index (κ3) is 3.03. The summed E-state index contributed by atoms with van der Waals surface area (Å²) < 4.78 is 37.7. The number of fused-ring (bicyclic) bond motifs is 1. The summed E-state index contributed by atoms with van der Waals surface area (Å²) in [6.07, 6.45) is 2.44. The van der Waals surface area contributed by atoms with E-state index in [1.165, 1.54) is 29.2 Å². The van der Waals surface area contributed by atoms with E-state index in [-0.39, 0.29) is 21.2 Å². The van der Waals surface area contributed by atoms with E-state index in [9.17, 15) is 17.6 Å². The van der Waals surface area contributed by atoms with Crippen LogP contribution in [0.4, 0.5) is 10.1 Å². The van der Waals surface area contributed by atoms with Crippen molar-refractivity contribution < 1.29 is 17.6 Å². The van der Waals surface area contributed by atoms with Crippen molar-refractivity contribution in [2.75, 3.05) is 17.7 Å². The van der Waals surface area contributed by atoms with Gasteiger partial charge in [0.15, 0.2) is 9.84 Å². The fraction of sp³-hybridized carbons (Fsp3) is 0.235. The van der Waals surface area contributed by atoms with Gasteiger partial charge in [-0.25, -0.2) is 12.8 Å². The molecule has 1 heterocycles. The molecule has 0 saturated carbocycles. The number of halogens is 2. The number of para-hydroxylation sites is 1. The first-order valence-electron chi connectivity index (χ1n) is 7.38. The number of rotatable bonds is 2. The number of aryl methyl sites for hydroxylation is 1. The normalized spacial score (nSPS) is 14.4. The molecule has 24 heavy (non-hydrogen) atoms. The van der Waals surface area contributed by atoms with Crippen LogP contribution < -0.4 is 4.90 Å². The van der Waals surface area contributed by atoms with Gasteiger partial charge in [0.2, 0.25) is 0 Å². The Morgan fingerprint density at radius 2 is 2.00 bits per heavy atom. The van der Waals surface area contributed by atoms with Gasteiger partial charge in [0.05, 0.1) is 21.2 Å². The Bertz CT molecular complexity index is 927. The Balaban J connectivity index is 2.09.